The topological polar surface area (TPSA) is 90.3 Å². The molecule has 0 bridgehead atoms. The number of rotatable bonds is 4. The Morgan fingerprint density at radius 2 is 2.07 bits per heavy atom. The Morgan fingerprint density at radius 1 is 1.28 bits per heavy atom. The summed E-state index contributed by atoms with van der Waals surface area (Å²) in [5.41, 5.74) is 1.56. The summed E-state index contributed by atoms with van der Waals surface area (Å²) >= 11 is 6.40. The lowest BCUT2D eigenvalue weighted by Crippen LogP contribution is -2.35. The van der Waals surface area contributed by atoms with E-state index in [2.05, 4.69) is 5.10 Å². The van der Waals surface area contributed by atoms with Crippen molar-refractivity contribution in [3.05, 3.63) is 45.7 Å². The third kappa shape index (κ3) is 3.51. The number of halogens is 1. The normalized spacial score (nSPS) is 18.9. The molecule has 0 saturated carbocycles. The molecule has 1 aliphatic heterocycles. The first-order chi connectivity index (χ1) is 13.8. The Kier molecular flexibility index (Phi) is 5.30. The zero-order valence-corrected chi connectivity index (χ0v) is 17.9. The molecule has 1 atom stereocenters. The predicted octanol–water partition coefficient (Wildman–Crippen LogP) is 3.31. The Hall–Kier alpha value is -2.10. The minimum atomic E-state index is -3.91. The van der Waals surface area contributed by atoms with E-state index < -0.39 is 15.8 Å². The molecule has 1 aliphatic rings. The average molecular weight is 439 g/mol. The molecule has 0 N–H and O–H groups in total. The summed E-state index contributed by atoms with van der Waals surface area (Å²) < 4.78 is 37.2. The first-order valence-electron chi connectivity index (χ1n) is 9.66. The van der Waals surface area contributed by atoms with Crippen molar-refractivity contribution in [2.45, 2.75) is 50.1 Å². The second-order valence-electron chi connectivity index (χ2n) is 7.29. The molecule has 3 heterocycles. The number of hydrogen-bond acceptors (Lipinski definition) is 5. The van der Waals surface area contributed by atoms with E-state index >= 15 is 0 Å². The van der Waals surface area contributed by atoms with Crippen molar-refractivity contribution in [3.63, 3.8) is 0 Å². The summed E-state index contributed by atoms with van der Waals surface area (Å²) in [6.07, 6.45) is 6.95. The molecular weight excluding hydrogens is 416 g/mol. The second kappa shape index (κ2) is 7.62. The van der Waals surface area contributed by atoms with Gasteiger partial charge in [-0.1, -0.05) is 24.4 Å². The monoisotopic (exact) mass is 438 g/mol. The molecule has 156 valence electrons. The number of fused-ring (bicyclic) bond motifs is 1. The molecule has 8 nitrogen and oxygen atoms in total. The van der Waals surface area contributed by atoms with Crippen molar-refractivity contribution >= 4 is 32.7 Å². The molecule has 0 radical (unpaired) electrons. The first kappa shape index (κ1) is 20.2. The predicted molar refractivity (Wildman–Crippen MR) is 109 cm³/mol. The van der Waals surface area contributed by atoms with E-state index in [4.69, 9.17) is 16.0 Å². The molecule has 1 fully saturated rings. The van der Waals surface area contributed by atoms with Crippen LogP contribution in [0.5, 0.6) is 0 Å². The number of benzene rings is 1. The highest BCUT2D eigenvalue weighted by Crippen LogP contribution is 2.37. The van der Waals surface area contributed by atoms with Crippen LogP contribution in [0.4, 0.5) is 0 Å². The number of nitrogens with zero attached hydrogens (tertiary/aromatic N) is 4. The lowest BCUT2D eigenvalue weighted by atomic mass is 10.1. The molecular formula is C19H23ClN4O4S. The van der Waals surface area contributed by atoms with Gasteiger partial charge in [0.25, 0.3) is 0 Å². The van der Waals surface area contributed by atoms with Crippen molar-refractivity contribution < 1.29 is 12.8 Å². The highest BCUT2D eigenvalue weighted by atomic mass is 35.5. The van der Waals surface area contributed by atoms with E-state index in [0.29, 0.717) is 25.0 Å². The van der Waals surface area contributed by atoms with E-state index in [-0.39, 0.29) is 21.5 Å². The van der Waals surface area contributed by atoms with Gasteiger partial charge in [0.1, 0.15) is 4.90 Å². The minimum Gasteiger partial charge on any atom is -0.408 e. The van der Waals surface area contributed by atoms with Crippen molar-refractivity contribution in [3.8, 4) is 0 Å². The van der Waals surface area contributed by atoms with Crippen LogP contribution in [0.15, 0.2) is 38.6 Å². The maximum Gasteiger partial charge on any atom is 0.419 e. The smallest absolute Gasteiger partial charge is 0.408 e. The van der Waals surface area contributed by atoms with Crippen LogP contribution in [0.2, 0.25) is 5.02 Å². The molecule has 2 aromatic heterocycles. The van der Waals surface area contributed by atoms with Gasteiger partial charge in [0.05, 0.1) is 22.8 Å². The Bertz CT molecular complexity index is 1210. The summed E-state index contributed by atoms with van der Waals surface area (Å²) in [6.45, 7) is 2.62. The van der Waals surface area contributed by atoms with Crippen LogP contribution in [0, 0.1) is 0 Å². The molecule has 0 aliphatic carbocycles. The van der Waals surface area contributed by atoms with Crippen LogP contribution in [0.1, 0.15) is 44.2 Å². The number of oxazole rings is 1. The molecule has 0 amide bonds. The van der Waals surface area contributed by atoms with Crippen molar-refractivity contribution in [1.82, 2.24) is 18.7 Å². The van der Waals surface area contributed by atoms with Gasteiger partial charge in [-0.2, -0.15) is 9.40 Å². The van der Waals surface area contributed by atoms with E-state index in [1.807, 2.05) is 20.2 Å². The molecule has 1 aromatic carbocycles. The van der Waals surface area contributed by atoms with Gasteiger partial charge < -0.3 is 4.42 Å². The molecule has 10 heteroatoms. The van der Waals surface area contributed by atoms with Crippen LogP contribution in [0.3, 0.4) is 0 Å². The summed E-state index contributed by atoms with van der Waals surface area (Å²) in [6, 6.07) is 2.55. The highest BCUT2D eigenvalue weighted by Gasteiger charge is 2.35. The van der Waals surface area contributed by atoms with Crippen molar-refractivity contribution in [1.29, 1.82) is 0 Å². The van der Waals surface area contributed by atoms with Crippen LogP contribution < -0.4 is 5.76 Å². The number of aromatic nitrogens is 3. The Labute approximate surface area is 173 Å². The molecule has 4 rings (SSSR count). The summed E-state index contributed by atoms with van der Waals surface area (Å²) in [7, 11) is -2.10. The minimum absolute atomic E-state index is 0.0422. The summed E-state index contributed by atoms with van der Waals surface area (Å²) in [4.78, 5) is 12.0. The van der Waals surface area contributed by atoms with E-state index in [0.717, 1.165) is 24.8 Å². The van der Waals surface area contributed by atoms with E-state index in [9.17, 15) is 13.2 Å². The number of aryl methyl sites for hydroxylation is 2. The van der Waals surface area contributed by atoms with Gasteiger partial charge in [-0.25, -0.2) is 13.2 Å². The average Bonchev–Trinajstić information content (AvgIpc) is 3.12. The second-order valence-corrected chi connectivity index (χ2v) is 9.56. The lowest BCUT2D eigenvalue weighted by molar-refractivity contribution is 0.329. The SMILES string of the molecule is CCn1c(=O)oc2cc(S(=O)(=O)N3CCCCC[C@H]3c3cnn(C)c3)c(Cl)cc21. The quantitative estimate of drug-likeness (QED) is 0.623. The molecule has 3 aromatic rings. The Morgan fingerprint density at radius 3 is 2.76 bits per heavy atom. The van der Waals surface area contributed by atoms with Crippen LogP contribution in [-0.2, 0) is 23.6 Å². The van der Waals surface area contributed by atoms with Gasteiger partial charge in [-0.15, -0.1) is 0 Å². The number of hydrogen-bond donors (Lipinski definition) is 0. The molecule has 29 heavy (non-hydrogen) atoms. The van der Waals surface area contributed by atoms with Crippen molar-refractivity contribution in [2.75, 3.05) is 6.54 Å². The summed E-state index contributed by atoms with van der Waals surface area (Å²) in [5, 5.41) is 4.29. The van der Waals surface area contributed by atoms with Gasteiger partial charge in [-0.05, 0) is 25.8 Å². The fraction of sp³-hybridized carbons (Fsp3) is 0.474. The van der Waals surface area contributed by atoms with Crippen LogP contribution >= 0.6 is 11.6 Å². The fourth-order valence-corrected chi connectivity index (χ4v) is 6.20. The van der Waals surface area contributed by atoms with Gasteiger partial charge in [-0.3, -0.25) is 9.25 Å². The van der Waals surface area contributed by atoms with Crippen LogP contribution in [0.25, 0.3) is 11.1 Å². The van der Waals surface area contributed by atoms with Crippen LogP contribution in [-0.4, -0.2) is 33.6 Å². The third-order valence-corrected chi connectivity index (χ3v) is 7.81. The van der Waals surface area contributed by atoms with Gasteiger partial charge >= 0.3 is 5.76 Å². The lowest BCUT2D eigenvalue weighted by Gasteiger charge is -2.28. The largest absolute Gasteiger partial charge is 0.419 e. The zero-order chi connectivity index (χ0) is 20.8. The highest BCUT2D eigenvalue weighted by molar-refractivity contribution is 7.89. The molecule has 0 spiro atoms. The third-order valence-electron chi connectivity index (χ3n) is 5.44. The Balaban J connectivity index is 1.83. The summed E-state index contributed by atoms with van der Waals surface area (Å²) in [5.74, 6) is -0.531. The fourth-order valence-electron chi connectivity index (χ4n) is 4.00. The van der Waals surface area contributed by atoms with Gasteiger partial charge in [0, 0.05) is 38.0 Å². The maximum absolute atomic E-state index is 13.6. The van der Waals surface area contributed by atoms with Gasteiger partial charge in [0.15, 0.2) is 5.58 Å². The van der Waals surface area contributed by atoms with E-state index in [1.165, 1.54) is 21.0 Å². The zero-order valence-electron chi connectivity index (χ0n) is 16.3. The molecule has 1 saturated heterocycles. The molecule has 0 unspecified atom stereocenters. The number of sulfonamides is 1. The van der Waals surface area contributed by atoms with E-state index in [1.54, 1.807) is 10.9 Å². The van der Waals surface area contributed by atoms with Crippen molar-refractivity contribution in [2.24, 2.45) is 7.05 Å². The first-order valence-corrected chi connectivity index (χ1v) is 11.5. The standard InChI is InChI=1S/C19H23ClN4O4S/c1-3-23-16-9-14(20)18(10-17(16)28-19(23)25)29(26,27)24-8-6-4-5-7-15(24)13-11-21-22(2)12-13/h9-12,15H,3-8H2,1-2H3/t15-/m0/s1. The van der Waals surface area contributed by atoms with Gasteiger partial charge in [0.2, 0.25) is 10.0 Å². The maximum atomic E-state index is 13.6.